The van der Waals surface area contributed by atoms with Gasteiger partial charge in [0.2, 0.25) is 0 Å². The summed E-state index contributed by atoms with van der Waals surface area (Å²) < 4.78 is 0. The van der Waals surface area contributed by atoms with E-state index in [1.165, 1.54) is 48.1 Å². The molecule has 1 heterocycles. The van der Waals surface area contributed by atoms with Crippen molar-refractivity contribution in [1.29, 1.82) is 0 Å². The van der Waals surface area contributed by atoms with Gasteiger partial charge in [0.05, 0.1) is 6.04 Å². The van der Waals surface area contributed by atoms with Gasteiger partial charge >= 0.3 is 0 Å². The molecule has 1 N–H and O–H groups in total. The normalized spacial score (nSPS) is 16.4. The lowest BCUT2D eigenvalue weighted by atomic mass is 9.93. The Labute approximate surface area is 161 Å². The molecule has 1 fully saturated rings. The second-order valence-corrected chi connectivity index (χ2v) is 8.56. The average molecular weight is 373 g/mol. The monoisotopic (exact) mass is 372 g/mol. The van der Waals surface area contributed by atoms with E-state index in [1.807, 2.05) is 11.3 Å². The lowest BCUT2D eigenvalue weighted by Crippen LogP contribution is -2.45. The number of anilines is 1. The zero-order chi connectivity index (χ0) is 17.8. The van der Waals surface area contributed by atoms with Crippen molar-refractivity contribution in [2.45, 2.75) is 65.0 Å². The van der Waals surface area contributed by atoms with Crippen LogP contribution in [0.3, 0.4) is 0 Å². The molecule has 1 aromatic heterocycles. The Bertz CT molecular complexity index is 682. The van der Waals surface area contributed by atoms with Gasteiger partial charge in [-0.1, -0.05) is 31.4 Å². The molecule has 1 aliphatic carbocycles. The lowest BCUT2D eigenvalue weighted by Gasteiger charge is -2.40. The standard InChI is InChI=1S/C21H28N2S2/c1-15-12-16(2)14-18(13-15)22-21(24)23(19-8-5-4-6-9-19)17(3)20-10-7-11-25-20/h7,10-14,17,19H,4-6,8-9H2,1-3H3,(H,22,24)/t17-/m0/s1. The molecule has 0 radical (unpaired) electrons. The summed E-state index contributed by atoms with van der Waals surface area (Å²) in [6, 6.07) is 11.8. The maximum Gasteiger partial charge on any atom is 0.174 e. The van der Waals surface area contributed by atoms with Gasteiger partial charge in [0.1, 0.15) is 0 Å². The van der Waals surface area contributed by atoms with Crippen LogP contribution in [-0.2, 0) is 0 Å². The fraction of sp³-hybridized carbons (Fsp3) is 0.476. The minimum atomic E-state index is 0.314. The van der Waals surface area contributed by atoms with E-state index in [4.69, 9.17) is 12.2 Å². The number of thiocarbonyl (C=S) groups is 1. The molecular formula is C21H28N2S2. The Morgan fingerprint density at radius 2 is 1.84 bits per heavy atom. The number of thiophene rings is 1. The third-order valence-corrected chi connectivity index (χ3v) is 6.40. The number of rotatable bonds is 4. The van der Waals surface area contributed by atoms with Gasteiger partial charge in [0.25, 0.3) is 0 Å². The highest BCUT2D eigenvalue weighted by Crippen LogP contribution is 2.33. The molecule has 0 unspecified atom stereocenters. The quantitative estimate of drug-likeness (QED) is 0.620. The highest BCUT2D eigenvalue weighted by atomic mass is 32.1. The van der Waals surface area contributed by atoms with Crippen LogP contribution in [0.4, 0.5) is 5.69 Å². The number of hydrogen-bond donors (Lipinski definition) is 1. The van der Waals surface area contributed by atoms with E-state index >= 15 is 0 Å². The van der Waals surface area contributed by atoms with Gasteiger partial charge in [-0.15, -0.1) is 11.3 Å². The third-order valence-electron chi connectivity index (χ3n) is 5.05. The predicted octanol–water partition coefficient (Wildman–Crippen LogP) is 6.46. The van der Waals surface area contributed by atoms with Crippen molar-refractivity contribution in [1.82, 2.24) is 4.90 Å². The molecular weight excluding hydrogens is 344 g/mol. The van der Waals surface area contributed by atoms with E-state index in [9.17, 15) is 0 Å². The molecule has 134 valence electrons. The van der Waals surface area contributed by atoms with E-state index in [-0.39, 0.29) is 0 Å². The molecule has 1 aliphatic rings. The summed E-state index contributed by atoms with van der Waals surface area (Å²) in [6.07, 6.45) is 6.46. The molecule has 2 aromatic rings. The van der Waals surface area contributed by atoms with E-state index in [2.05, 4.69) is 66.7 Å². The summed E-state index contributed by atoms with van der Waals surface area (Å²) in [5.41, 5.74) is 3.63. The Balaban J connectivity index is 1.83. The molecule has 4 heteroatoms. The summed E-state index contributed by atoms with van der Waals surface area (Å²) in [5.74, 6) is 0. The molecule has 0 spiro atoms. The van der Waals surface area contributed by atoms with E-state index < -0.39 is 0 Å². The number of benzene rings is 1. The summed E-state index contributed by atoms with van der Waals surface area (Å²) in [4.78, 5) is 3.84. The summed E-state index contributed by atoms with van der Waals surface area (Å²) in [5, 5.41) is 6.54. The van der Waals surface area contributed by atoms with Crippen LogP contribution >= 0.6 is 23.6 Å². The molecule has 0 saturated heterocycles. The molecule has 0 bridgehead atoms. The summed E-state index contributed by atoms with van der Waals surface area (Å²) in [7, 11) is 0. The molecule has 0 aliphatic heterocycles. The molecule has 25 heavy (non-hydrogen) atoms. The van der Waals surface area contributed by atoms with E-state index in [0.717, 1.165) is 10.8 Å². The van der Waals surface area contributed by atoms with Gasteiger partial charge in [-0.3, -0.25) is 0 Å². The first kappa shape index (κ1) is 18.4. The fourth-order valence-corrected chi connectivity index (χ4v) is 5.13. The first-order chi connectivity index (χ1) is 12.0. The minimum Gasteiger partial charge on any atom is -0.338 e. The molecule has 2 nitrogen and oxygen atoms in total. The number of aryl methyl sites for hydroxylation is 2. The Kier molecular flexibility index (Phi) is 6.13. The highest BCUT2D eigenvalue weighted by molar-refractivity contribution is 7.80. The van der Waals surface area contributed by atoms with Crippen molar-refractivity contribution in [2.24, 2.45) is 0 Å². The largest absolute Gasteiger partial charge is 0.338 e. The van der Waals surface area contributed by atoms with Gasteiger partial charge < -0.3 is 10.2 Å². The Hall–Kier alpha value is -1.39. The Morgan fingerprint density at radius 1 is 1.16 bits per heavy atom. The van der Waals surface area contributed by atoms with Crippen molar-refractivity contribution < 1.29 is 0 Å². The van der Waals surface area contributed by atoms with Gasteiger partial charge in [0.15, 0.2) is 5.11 Å². The second-order valence-electron chi connectivity index (χ2n) is 7.20. The van der Waals surface area contributed by atoms with Crippen LogP contribution in [0.15, 0.2) is 35.7 Å². The van der Waals surface area contributed by atoms with Crippen LogP contribution in [0.25, 0.3) is 0 Å². The van der Waals surface area contributed by atoms with E-state index in [1.54, 1.807) is 0 Å². The maximum absolute atomic E-state index is 5.89. The molecule has 0 amide bonds. The van der Waals surface area contributed by atoms with Gasteiger partial charge in [-0.05, 0) is 80.5 Å². The van der Waals surface area contributed by atoms with Crippen LogP contribution in [0, 0.1) is 13.8 Å². The number of nitrogens with one attached hydrogen (secondary N) is 1. The number of hydrogen-bond acceptors (Lipinski definition) is 2. The zero-order valence-electron chi connectivity index (χ0n) is 15.4. The van der Waals surface area contributed by atoms with Crippen LogP contribution in [0.5, 0.6) is 0 Å². The van der Waals surface area contributed by atoms with Gasteiger partial charge in [-0.25, -0.2) is 0 Å². The van der Waals surface area contributed by atoms with Crippen molar-refractivity contribution >= 4 is 34.4 Å². The SMILES string of the molecule is Cc1cc(C)cc(NC(=S)N(C2CCCCC2)[C@@H](C)c2cccs2)c1. The molecule has 1 atom stereocenters. The minimum absolute atomic E-state index is 0.314. The van der Waals surface area contributed by atoms with Crippen LogP contribution in [-0.4, -0.2) is 16.1 Å². The van der Waals surface area contributed by atoms with Crippen molar-refractivity contribution in [3.05, 3.63) is 51.7 Å². The first-order valence-electron chi connectivity index (χ1n) is 9.25. The smallest absolute Gasteiger partial charge is 0.174 e. The summed E-state index contributed by atoms with van der Waals surface area (Å²) in [6.45, 7) is 6.55. The molecule has 3 rings (SSSR count). The van der Waals surface area contributed by atoms with Crippen molar-refractivity contribution in [3.63, 3.8) is 0 Å². The number of nitrogens with zero attached hydrogens (tertiary/aromatic N) is 1. The second kappa shape index (κ2) is 8.33. The van der Waals surface area contributed by atoms with Crippen LogP contribution in [0.1, 0.15) is 61.1 Å². The summed E-state index contributed by atoms with van der Waals surface area (Å²) >= 11 is 7.72. The third kappa shape index (κ3) is 4.62. The highest BCUT2D eigenvalue weighted by Gasteiger charge is 2.28. The van der Waals surface area contributed by atoms with Crippen LogP contribution in [0.2, 0.25) is 0 Å². The Morgan fingerprint density at radius 3 is 2.44 bits per heavy atom. The van der Waals surface area contributed by atoms with Crippen molar-refractivity contribution in [3.8, 4) is 0 Å². The topological polar surface area (TPSA) is 15.3 Å². The first-order valence-corrected chi connectivity index (χ1v) is 10.5. The fourth-order valence-electron chi connectivity index (χ4n) is 3.92. The lowest BCUT2D eigenvalue weighted by molar-refractivity contribution is 0.205. The van der Waals surface area contributed by atoms with Gasteiger partial charge in [0, 0.05) is 16.6 Å². The predicted molar refractivity (Wildman–Crippen MR) is 114 cm³/mol. The zero-order valence-corrected chi connectivity index (χ0v) is 17.1. The van der Waals surface area contributed by atoms with E-state index in [0.29, 0.717) is 12.1 Å². The maximum atomic E-state index is 5.89. The van der Waals surface area contributed by atoms with Crippen molar-refractivity contribution in [2.75, 3.05) is 5.32 Å². The molecule has 1 aromatic carbocycles. The molecule has 1 saturated carbocycles. The van der Waals surface area contributed by atoms with Crippen LogP contribution < -0.4 is 5.32 Å². The average Bonchev–Trinajstić information content (AvgIpc) is 3.09. The van der Waals surface area contributed by atoms with Gasteiger partial charge in [-0.2, -0.15) is 0 Å².